The van der Waals surface area contributed by atoms with Crippen molar-refractivity contribution in [2.75, 3.05) is 5.75 Å². The van der Waals surface area contributed by atoms with E-state index < -0.39 is 0 Å². The molecule has 0 aliphatic heterocycles. The fraction of sp³-hybridized carbons (Fsp3) is 0.308. The predicted molar refractivity (Wildman–Crippen MR) is 135 cm³/mol. The molecule has 6 nitrogen and oxygen atoms in total. The van der Waals surface area contributed by atoms with Crippen molar-refractivity contribution in [1.29, 1.82) is 0 Å². The molecule has 170 valence electrons. The predicted octanol–water partition coefficient (Wildman–Crippen LogP) is 5.58. The third-order valence-electron chi connectivity index (χ3n) is 5.74. The second kappa shape index (κ2) is 10.6. The number of hydrogen-bond donors (Lipinski definition) is 1. The minimum atomic E-state index is 0.0293. The van der Waals surface area contributed by atoms with Gasteiger partial charge in [-0.3, -0.25) is 4.79 Å². The zero-order valence-corrected chi connectivity index (χ0v) is 20.1. The van der Waals surface area contributed by atoms with Crippen LogP contribution in [0.4, 0.5) is 0 Å². The van der Waals surface area contributed by atoms with Crippen LogP contribution in [0.5, 0.6) is 0 Å². The van der Waals surface area contributed by atoms with Gasteiger partial charge in [-0.2, -0.15) is 0 Å². The summed E-state index contributed by atoms with van der Waals surface area (Å²) in [5.74, 6) is 1.14. The maximum absolute atomic E-state index is 12.4. The molecule has 2 aromatic carbocycles. The van der Waals surface area contributed by atoms with Gasteiger partial charge in [-0.05, 0) is 31.9 Å². The Morgan fingerprint density at radius 2 is 1.73 bits per heavy atom. The third-order valence-corrected chi connectivity index (χ3v) is 6.71. The molecule has 33 heavy (non-hydrogen) atoms. The zero-order chi connectivity index (χ0) is 23.2. The standard InChI is InChI=1S/C26H29N5OS/c1-4-19(5-2)27-24(32)17-33-26-30-29-25(31(26)6-3)21-16-23(18-12-8-7-9-13-18)28-22-15-11-10-14-20(21)22/h7-16,19H,4-6,17H2,1-3H3,(H,27,32). The van der Waals surface area contributed by atoms with Gasteiger partial charge >= 0.3 is 0 Å². The quantitative estimate of drug-likeness (QED) is 0.331. The molecule has 0 atom stereocenters. The Morgan fingerprint density at radius 3 is 2.45 bits per heavy atom. The minimum Gasteiger partial charge on any atom is -0.353 e. The molecule has 0 saturated carbocycles. The fourth-order valence-electron chi connectivity index (χ4n) is 3.89. The van der Waals surface area contributed by atoms with Crippen molar-refractivity contribution in [3.63, 3.8) is 0 Å². The number of para-hydroxylation sites is 1. The second-order valence-corrected chi connectivity index (χ2v) is 8.80. The Hall–Kier alpha value is -3.19. The molecule has 0 saturated heterocycles. The van der Waals surface area contributed by atoms with Crippen LogP contribution < -0.4 is 5.32 Å². The number of benzene rings is 2. The van der Waals surface area contributed by atoms with Gasteiger partial charge in [-0.1, -0.05) is 74.1 Å². The van der Waals surface area contributed by atoms with Gasteiger partial charge in [0.05, 0.1) is 17.0 Å². The van der Waals surface area contributed by atoms with E-state index in [0.29, 0.717) is 12.3 Å². The maximum atomic E-state index is 12.4. The van der Waals surface area contributed by atoms with E-state index in [9.17, 15) is 4.79 Å². The summed E-state index contributed by atoms with van der Waals surface area (Å²) in [6, 6.07) is 20.6. The van der Waals surface area contributed by atoms with Gasteiger partial charge in [-0.25, -0.2) is 4.98 Å². The number of amides is 1. The topological polar surface area (TPSA) is 72.7 Å². The summed E-state index contributed by atoms with van der Waals surface area (Å²) in [6.07, 6.45) is 1.86. The summed E-state index contributed by atoms with van der Waals surface area (Å²) >= 11 is 1.43. The van der Waals surface area contributed by atoms with E-state index in [2.05, 4.69) is 65.1 Å². The average Bonchev–Trinajstić information content (AvgIpc) is 3.28. The van der Waals surface area contributed by atoms with E-state index in [-0.39, 0.29) is 11.9 Å². The number of nitrogens with zero attached hydrogens (tertiary/aromatic N) is 4. The molecular formula is C26H29N5OS. The second-order valence-electron chi connectivity index (χ2n) is 7.86. The summed E-state index contributed by atoms with van der Waals surface area (Å²) in [7, 11) is 0. The lowest BCUT2D eigenvalue weighted by molar-refractivity contribution is -0.119. The van der Waals surface area contributed by atoms with Gasteiger partial charge in [0.25, 0.3) is 0 Å². The van der Waals surface area contributed by atoms with Crippen LogP contribution in [0.3, 0.4) is 0 Å². The Balaban J connectivity index is 1.69. The molecule has 4 aromatic rings. The fourth-order valence-corrected chi connectivity index (χ4v) is 4.70. The van der Waals surface area contributed by atoms with Crippen LogP contribution in [0, 0.1) is 0 Å². The first-order valence-electron chi connectivity index (χ1n) is 11.5. The first-order chi connectivity index (χ1) is 16.1. The molecule has 0 aliphatic rings. The number of hydrogen-bond acceptors (Lipinski definition) is 5. The van der Waals surface area contributed by atoms with Crippen LogP contribution in [0.15, 0.2) is 65.8 Å². The van der Waals surface area contributed by atoms with Crippen molar-refractivity contribution in [2.24, 2.45) is 0 Å². The highest BCUT2D eigenvalue weighted by atomic mass is 32.2. The van der Waals surface area contributed by atoms with Crippen LogP contribution in [0.1, 0.15) is 33.6 Å². The van der Waals surface area contributed by atoms with Gasteiger partial charge in [0.15, 0.2) is 11.0 Å². The summed E-state index contributed by atoms with van der Waals surface area (Å²) in [6.45, 7) is 6.95. The maximum Gasteiger partial charge on any atom is 0.230 e. The molecule has 0 radical (unpaired) electrons. The van der Waals surface area contributed by atoms with Crippen molar-refractivity contribution in [2.45, 2.75) is 51.4 Å². The largest absolute Gasteiger partial charge is 0.353 e. The van der Waals surface area contributed by atoms with Crippen molar-refractivity contribution >= 4 is 28.6 Å². The van der Waals surface area contributed by atoms with Crippen LogP contribution in [-0.4, -0.2) is 37.5 Å². The van der Waals surface area contributed by atoms with E-state index in [1.54, 1.807) is 0 Å². The monoisotopic (exact) mass is 459 g/mol. The SMILES string of the molecule is CCC(CC)NC(=O)CSc1nnc(-c2cc(-c3ccccc3)nc3ccccc23)n1CC. The number of aromatic nitrogens is 4. The molecule has 0 spiro atoms. The van der Waals surface area contributed by atoms with Gasteiger partial charge in [0.1, 0.15) is 0 Å². The van der Waals surface area contributed by atoms with Crippen LogP contribution in [0.2, 0.25) is 0 Å². The highest BCUT2D eigenvalue weighted by molar-refractivity contribution is 7.99. The number of nitrogens with one attached hydrogen (secondary N) is 1. The lowest BCUT2D eigenvalue weighted by Gasteiger charge is -2.14. The molecular weight excluding hydrogens is 430 g/mol. The van der Waals surface area contributed by atoms with Gasteiger partial charge in [-0.15, -0.1) is 10.2 Å². The lowest BCUT2D eigenvalue weighted by Crippen LogP contribution is -2.35. The van der Waals surface area contributed by atoms with Crippen molar-refractivity contribution < 1.29 is 4.79 Å². The summed E-state index contributed by atoms with van der Waals surface area (Å²) in [4.78, 5) is 17.3. The molecule has 2 aromatic heterocycles. The molecule has 1 amide bonds. The third kappa shape index (κ3) is 5.09. The molecule has 0 unspecified atom stereocenters. The van der Waals surface area contributed by atoms with Gasteiger partial charge < -0.3 is 9.88 Å². The number of carbonyl (C=O) groups excluding carboxylic acids is 1. The number of pyridine rings is 1. The Bertz CT molecular complexity index is 1230. The van der Waals surface area contributed by atoms with Crippen LogP contribution in [0.25, 0.3) is 33.5 Å². The molecule has 4 rings (SSSR count). The number of fused-ring (bicyclic) bond motifs is 1. The number of carbonyl (C=O) groups is 1. The molecule has 0 bridgehead atoms. The number of thioether (sulfide) groups is 1. The molecule has 0 fully saturated rings. The summed E-state index contributed by atoms with van der Waals surface area (Å²) in [5, 5.41) is 13.8. The average molecular weight is 460 g/mol. The smallest absolute Gasteiger partial charge is 0.230 e. The molecule has 0 aliphatic carbocycles. The van der Waals surface area contributed by atoms with E-state index in [1.807, 2.05) is 36.4 Å². The summed E-state index contributed by atoms with van der Waals surface area (Å²) < 4.78 is 2.08. The molecule has 2 heterocycles. The van der Waals surface area contributed by atoms with E-state index in [0.717, 1.165) is 51.5 Å². The molecule has 7 heteroatoms. The van der Waals surface area contributed by atoms with Gasteiger partial charge in [0, 0.05) is 29.1 Å². The zero-order valence-electron chi connectivity index (χ0n) is 19.3. The van der Waals surface area contributed by atoms with Crippen molar-refractivity contribution in [3.05, 3.63) is 60.7 Å². The van der Waals surface area contributed by atoms with E-state index in [4.69, 9.17) is 4.98 Å². The highest BCUT2D eigenvalue weighted by Gasteiger charge is 2.19. The van der Waals surface area contributed by atoms with Crippen molar-refractivity contribution in [1.82, 2.24) is 25.1 Å². The highest BCUT2D eigenvalue weighted by Crippen LogP contribution is 2.32. The van der Waals surface area contributed by atoms with E-state index in [1.165, 1.54) is 11.8 Å². The Labute approximate surface area is 198 Å². The normalized spacial score (nSPS) is 11.3. The van der Waals surface area contributed by atoms with Crippen LogP contribution in [-0.2, 0) is 11.3 Å². The van der Waals surface area contributed by atoms with E-state index >= 15 is 0 Å². The Morgan fingerprint density at radius 1 is 1.00 bits per heavy atom. The minimum absolute atomic E-state index is 0.0293. The Kier molecular flexibility index (Phi) is 7.40. The van der Waals surface area contributed by atoms with Crippen LogP contribution >= 0.6 is 11.8 Å². The first-order valence-corrected chi connectivity index (χ1v) is 12.4. The summed E-state index contributed by atoms with van der Waals surface area (Å²) in [5.41, 5.74) is 3.86. The number of rotatable bonds is 9. The van der Waals surface area contributed by atoms with Crippen molar-refractivity contribution in [3.8, 4) is 22.6 Å². The van der Waals surface area contributed by atoms with Gasteiger partial charge in [0.2, 0.25) is 5.91 Å². The first kappa shape index (κ1) is 23.0. The lowest BCUT2D eigenvalue weighted by atomic mass is 10.0. The molecule has 1 N–H and O–H groups in total.